The van der Waals surface area contributed by atoms with E-state index < -0.39 is 8.07 Å². The van der Waals surface area contributed by atoms with Crippen molar-refractivity contribution in [2.75, 3.05) is 0 Å². The molecule has 2 nitrogen and oxygen atoms in total. The predicted molar refractivity (Wildman–Crippen MR) is 214 cm³/mol. The fourth-order valence-corrected chi connectivity index (χ4v) is 9.33. The first-order chi connectivity index (χ1) is 23.8. The molecule has 0 atom stereocenters. The average molecular weight is 861 g/mol. The Morgan fingerprint density at radius 3 is 2.16 bits per heavy atom. The minimum absolute atomic E-state index is 0. The molecule has 1 radical (unpaired) electrons. The van der Waals surface area contributed by atoms with Crippen LogP contribution in [0.25, 0.3) is 64.6 Å². The fraction of sp³-hybridized carbons (Fsp3) is 0.156. The number of benzene rings is 5. The van der Waals surface area contributed by atoms with E-state index in [-0.39, 0.29) is 20.1 Å². The molecule has 0 aliphatic carbocycles. The first-order valence-electron chi connectivity index (χ1n) is 17.0. The maximum Gasteiger partial charge on any atom is 0.0798 e. The first kappa shape index (κ1) is 35.6. The van der Waals surface area contributed by atoms with Crippen molar-refractivity contribution in [2.24, 2.45) is 5.92 Å². The quantitative estimate of drug-likeness (QED) is 0.123. The van der Waals surface area contributed by atoms with Crippen LogP contribution in [0.2, 0.25) is 19.6 Å². The van der Waals surface area contributed by atoms with Gasteiger partial charge in [0.2, 0.25) is 0 Å². The molecule has 5 heteroatoms. The molecular weight excluding hydrogens is 821 g/mol. The molecule has 0 spiro atoms. The molecule has 8 aromatic rings. The van der Waals surface area contributed by atoms with Gasteiger partial charge in [0.15, 0.2) is 0 Å². The van der Waals surface area contributed by atoms with Gasteiger partial charge in [-0.05, 0) is 55.8 Å². The van der Waals surface area contributed by atoms with E-state index in [4.69, 9.17) is 4.98 Å². The van der Waals surface area contributed by atoms with Crippen LogP contribution < -0.4 is 5.19 Å². The van der Waals surface area contributed by atoms with Crippen LogP contribution >= 0.6 is 11.3 Å². The number of rotatable bonds is 6. The second kappa shape index (κ2) is 15.3. The number of aromatic nitrogens is 2. The normalized spacial score (nSPS) is 11.4. The summed E-state index contributed by atoms with van der Waals surface area (Å²) in [5.41, 5.74) is 8.09. The Bertz CT molecular complexity index is 2380. The SMILES string of the molecule is CC(C)Cc1cc(-c2[c-]cccc2)ncc1[Si](C)(C)C.[Ir].[c-]1cc(-c2ccccc2)c2c(sc3ccccc32)c1-c1cc2ccccc2cn1. The summed E-state index contributed by atoms with van der Waals surface area (Å²) < 4.78 is 2.54. The number of hydrogen-bond donors (Lipinski definition) is 0. The van der Waals surface area contributed by atoms with Crippen LogP contribution in [-0.2, 0) is 26.5 Å². The molecule has 0 aliphatic rings. The van der Waals surface area contributed by atoms with Gasteiger partial charge in [-0.15, -0.1) is 53.6 Å². The molecule has 0 N–H and O–H groups in total. The molecule has 3 heterocycles. The third-order valence-corrected chi connectivity index (χ3v) is 12.1. The molecule has 0 saturated heterocycles. The molecule has 0 unspecified atom stereocenters. The average Bonchev–Trinajstić information content (AvgIpc) is 3.51. The smallest absolute Gasteiger partial charge is 0.0798 e. The number of nitrogens with zero attached hydrogens (tertiary/aromatic N) is 2. The molecule has 0 saturated carbocycles. The predicted octanol–water partition coefficient (Wildman–Crippen LogP) is 12.0. The van der Waals surface area contributed by atoms with E-state index in [2.05, 4.69) is 160 Å². The molecule has 50 heavy (non-hydrogen) atoms. The van der Waals surface area contributed by atoms with Gasteiger partial charge in [0.25, 0.3) is 0 Å². The molecule has 0 bridgehead atoms. The van der Waals surface area contributed by atoms with Gasteiger partial charge in [0.1, 0.15) is 0 Å². The third-order valence-electron chi connectivity index (χ3n) is 8.84. The van der Waals surface area contributed by atoms with Crippen molar-refractivity contribution in [3.63, 3.8) is 0 Å². The van der Waals surface area contributed by atoms with Gasteiger partial charge in [-0.3, -0.25) is 0 Å². The van der Waals surface area contributed by atoms with Crippen molar-refractivity contribution in [3.05, 3.63) is 151 Å². The Hall–Kier alpha value is -4.25. The van der Waals surface area contributed by atoms with Crippen LogP contribution in [0.15, 0.2) is 134 Å². The van der Waals surface area contributed by atoms with E-state index in [0.717, 1.165) is 34.3 Å². The molecule has 251 valence electrons. The van der Waals surface area contributed by atoms with Crippen LogP contribution in [0, 0.1) is 18.1 Å². The molecule has 0 amide bonds. The standard InChI is InChI=1S/C27H16NS.C18H24NSi.Ir/c1-2-8-18(9-3-1)21-14-15-22(24-16-19-10-4-5-11-20(19)17-28-24)27-26(21)23-12-6-7-13-25(23)29-27;1-14(2)11-16-12-17(15-9-7-6-8-10-15)19-13-18(16)20(3,4)5;/h1-14,16-17H;6-9,12-14H,11H2,1-5H3;/q2*-1;. The van der Waals surface area contributed by atoms with Gasteiger partial charge in [0, 0.05) is 37.2 Å². The molecule has 0 aliphatic heterocycles. The molecular formula is C45H40IrN2SSi-2. The van der Waals surface area contributed by atoms with Gasteiger partial charge in [-0.1, -0.05) is 140 Å². The minimum atomic E-state index is -1.34. The van der Waals surface area contributed by atoms with Crippen molar-refractivity contribution in [1.29, 1.82) is 0 Å². The second-order valence-electron chi connectivity index (χ2n) is 14.0. The van der Waals surface area contributed by atoms with Gasteiger partial charge >= 0.3 is 0 Å². The Labute approximate surface area is 314 Å². The van der Waals surface area contributed by atoms with E-state index in [1.807, 2.05) is 35.7 Å². The summed E-state index contributed by atoms with van der Waals surface area (Å²) >= 11 is 1.83. The molecule has 8 rings (SSSR count). The van der Waals surface area contributed by atoms with Crippen molar-refractivity contribution in [3.8, 4) is 33.6 Å². The Kier molecular flexibility index (Phi) is 10.9. The van der Waals surface area contributed by atoms with Crippen molar-refractivity contribution in [2.45, 2.75) is 39.9 Å². The van der Waals surface area contributed by atoms with Gasteiger partial charge in [-0.2, -0.15) is 11.3 Å². The first-order valence-corrected chi connectivity index (χ1v) is 21.3. The Morgan fingerprint density at radius 1 is 0.720 bits per heavy atom. The van der Waals surface area contributed by atoms with Crippen molar-refractivity contribution >= 4 is 55.5 Å². The topological polar surface area (TPSA) is 25.8 Å². The van der Waals surface area contributed by atoms with Crippen molar-refractivity contribution in [1.82, 2.24) is 9.97 Å². The molecule has 5 aromatic carbocycles. The summed E-state index contributed by atoms with van der Waals surface area (Å²) in [5, 5.41) is 6.44. The zero-order valence-corrected chi connectivity index (χ0v) is 33.3. The van der Waals surface area contributed by atoms with Crippen LogP contribution in [-0.4, -0.2) is 18.0 Å². The summed E-state index contributed by atoms with van der Waals surface area (Å²) in [6.07, 6.45) is 5.20. The number of fused-ring (bicyclic) bond motifs is 4. The van der Waals surface area contributed by atoms with Crippen LogP contribution in [0.5, 0.6) is 0 Å². The summed E-state index contributed by atoms with van der Waals surface area (Å²) in [5.74, 6) is 0.667. The maximum absolute atomic E-state index is 4.78. The zero-order chi connectivity index (χ0) is 34.0. The zero-order valence-electron chi connectivity index (χ0n) is 29.1. The number of hydrogen-bond acceptors (Lipinski definition) is 3. The number of thiophene rings is 1. The minimum Gasteiger partial charge on any atom is -0.305 e. The number of pyridine rings is 2. The van der Waals surface area contributed by atoms with E-state index in [1.54, 1.807) is 0 Å². The van der Waals surface area contributed by atoms with E-state index in [9.17, 15) is 0 Å². The van der Waals surface area contributed by atoms with Crippen LogP contribution in [0.4, 0.5) is 0 Å². The summed E-state index contributed by atoms with van der Waals surface area (Å²) in [4.78, 5) is 9.46. The second-order valence-corrected chi connectivity index (χ2v) is 20.1. The molecule has 0 fully saturated rings. The Morgan fingerprint density at radius 2 is 1.42 bits per heavy atom. The van der Waals surface area contributed by atoms with Crippen LogP contribution in [0.3, 0.4) is 0 Å². The van der Waals surface area contributed by atoms with Crippen molar-refractivity contribution < 1.29 is 20.1 Å². The molecule has 3 aromatic heterocycles. The van der Waals surface area contributed by atoms with Gasteiger partial charge < -0.3 is 9.97 Å². The van der Waals surface area contributed by atoms with E-state index in [1.165, 1.54) is 47.4 Å². The maximum atomic E-state index is 4.78. The third kappa shape index (κ3) is 7.57. The largest absolute Gasteiger partial charge is 0.305 e. The van der Waals surface area contributed by atoms with E-state index >= 15 is 0 Å². The summed E-state index contributed by atoms with van der Waals surface area (Å²) in [6.45, 7) is 11.7. The van der Waals surface area contributed by atoms with Gasteiger partial charge in [0.05, 0.1) is 8.07 Å². The Balaban J connectivity index is 0.000000182. The van der Waals surface area contributed by atoms with Gasteiger partial charge in [-0.25, -0.2) is 0 Å². The van der Waals surface area contributed by atoms with Crippen LogP contribution in [0.1, 0.15) is 19.4 Å². The summed E-state index contributed by atoms with van der Waals surface area (Å²) in [7, 11) is -1.34. The summed E-state index contributed by atoms with van der Waals surface area (Å²) in [6, 6.07) is 49.1. The monoisotopic (exact) mass is 861 g/mol. The van der Waals surface area contributed by atoms with E-state index in [0.29, 0.717) is 5.92 Å². The fourth-order valence-electron chi connectivity index (χ4n) is 6.51.